The fourth-order valence-corrected chi connectivity index (χ4v) is 1.99. The standard InChI is InChI=1S/C17H16N2O2/c1-21-16(14-5-3-2-4-6-14)12-19-17(20)15-9-7-13(11-18)8-10-15/h2-10,16H,12H2,1H3,(H,19,20)/t16-/m1/s1. The number of hydrogen-bond donors (Lipinski definition) is 1. The van der Waals surface area contributed by atoms with Crippen molar-refractivity contribution in [1.29, 1.82) is 5.26 Å². The molecular weight excluding hydrogens is 264 g/mol. The number of ether oxygens (including phenoxy) is 1. The fraction of sp³-hybridized carbons (Fsp3) is 0.176. The van der Waals surface area contributed by atoms with Crippen LogP contribution in [0.1, 0.15) is 27.6 Å². The van der Waals surface area contributed by atoms with Crippen molar-refractivity contribution in [2.75, 3.05) is 13.7 Å². The van der Waals surface area contributed by atoms with Crippen molar-refractivity contribution in [3.05, 3.63) is 71.3 Å². The quantitative estimate of drug-likeness (QED) is 0.916. The van der Waals surface area contributed by atoms with Gasteiger partial charge in [0.15, 0.2) is 0 Å². The van der Waals surface area contributed by atoms with E-state index in [0.29, 0.717) is 17.7 Å². The highest BCUT2D eigenvalue weighted by molar-refractivity contribution is 5.94. The monoisotopic (exact) mass is 280 g/mol. The highest BCUT2D eigenvalue weighted by Gasteiger charge is 2.12. The predicted molar refractivity (Wildman–Crippen MR) is 79.7 cm³/mol. The van der Waals surface area contributed by atoms with Crippen molar-refractivity contribution >= 4 is 5.91 Å². The summed E-state index contributed by atoms with van der Waals surface area (Å²) in [5.74, 6) is -0.183. The molecule has 0 unspecified atom stereocenters. The second-order valence-electron chi connectivity index (χ2n) is 4.53. The molecule has 0 radical (unpaired) electrons. The van der Waals surface area contributed by atoms with Gasteiger partial charge in [0.25, 0.3) is 5.91 Å². The molecule has 0 aliphatic heterocycles. The number of nitriles is 1. The third-order valence-electron chi connectivity index (χ3n) is 3.18. The number of methoxy groups -OCH3 is 1. The van der Waals surface area contributed by atoms with Gasteiger partial charge >= 0.3 is 0 Å². The number of hydrogen-bond acceptors (Lipinski definition) is 3. The first-order chi connectivity index (χ1) is 10.2. The normalized spacial score (nSPS) is 11.4. The van der Waals surface area contributed by atoms with Crippen LogP contribution in [0.4, 0.5) is 0 Å². The molecule has 21 heavy (non-hydrogen) atoms. The van der Waals surface area contributed by atoms with Gasteiger partial charge in [0.1, 0.15) is 0 Å². The topological polar surface area (TPSA) is 62.1 Å². The van der Waals surface area contributed by atoms with Gasteiger partial charge in [-0.05, 0) is 29.8 Å². The van der Waals surface area contributed by atoms with E-state index >= 15 is 0 Å². The Labute approximate surface area is 124 Å². The summed E-state index contributed by atoms with van der Waals surface area (Å²) in [6.07, 6.45) is -0.187. The van der Waals surface area contributed by atoms with E-state index in [4.69, 9.17) is 10.00 Å². The summed E-state index contributed by atoms with van der Waals surface area (Å²) in [5, 5.41) is 11.6. The van der Waals surface area contributed by atoms with Crippen molar-refractivity contribution in [3.63, 3.8) is 0 Å². The molecule has 0 aliphatic carbocycles. The highest BCUT2D eigenvalue weighted by Crippen LogP contribution is 2.15. The lowest BCUT2D eigenvalue weighted by molar-refractivity contribution is 0.0828. The van der Waals surface area contributed by atoms with Gasteiger partial charge in [-0.15, -0.1) is 0 Å². The van der Waals surface area contributed by atoms with E-state index in [2.05, 4.69) is 5.32 Å². The van der Waals surface area contributed by atoms with E-state index < -0.39 is 0 Å². The zero-order valence-electron chi connectivity index (χ0n) is 11.7. The van der Waals surface area contributed by atoms with Crippen LogP contribution in [-0.4, -0.2) is 19.6 Å². The Hall–Kier alpha value is -2.64. The average molecular weight is 280 g/mol. The molecule has 0 aromatic heterocycles. The number of amides is 1. The molecule has 2 aromatic carbocycles. The van der Waals surface area contributed by atoms with Crippen molar-refractivity contribution in [2.45, 2.75) is 6.10 Å². The Morgan fingerprint density at radius 2 is 1.86 bits per heavy atom. The van der Waals surface area contributed by atoms with Gasteiger partial charge in [0.2, 0.25) is 0 Å². The first-order valence-corrected chi connectivity index (χ1v) is 6.60. The Kier molecular flexibility index (Phi) is 5.08. The molecule has 1 atom stereocenters. The average Bonchev–Trinajstić information content (AvgIpc) is 2.56. The summed E-state index contributed by atoms with van der Waals surface area (Å²) in [7, 11) is 1.62. The van der Waals surface area contributed by atoms with E-state index in [1.807, 2.05) is 36.4 Å². The van der Waals surface area contributed by atoms with Crippen LogP contribution < -0.4 is 5.32 Å². The molecule has 2 aromatic rings. The highest BCUT2D eigenvalue weighted by atomic mass is 16.5. The maximum Gasteiger partial charge on any atom is 0.251 e. The molecule has 4 nitrogen and oxygen atoms in total. The van der Waals surface area contributed by atoms with Crippen LogP contribution in [0.15, 0.2) is 54.6 Å². The summed E-state index contributed by atoms with van der Waals surface area (Å²) >= 11 is 0. The Bertz CT molecular complexity index is 630. The number of benzene rings is 2. The zero-order chi connectivity index (χ0) is 15.1. The molecule has 0 saturated carbocycles. The molecule has 1 N–H and O–H groups in total. The predicted octanol–water partition coefficient (Wildman–Crippen LogP) is 2.68. The Balaban J connectivity index is 1.97. The molecular formula is C17H16N2O2. The molecule has 2 rings (SSSR count). The van der Waals surface area contributed by atoms with Gasteiger partial charge in [0.05, 0.1) is 17.7 Å². The van der Waals surface area contributed by atoms with Crippen LogP contribution in [0.5, 0.6) is 0 Å². The van der Waals surface area contributed by atoms with E-state index in [9.17, 15) is 4.79 Å². The second kappa shape index (κ2) is 7.22. The van der Waals surface area contributed by atoms with Crippen molar-refractivity contribution in [3.8, 4) is 6.07 Å². The minimum Gasteiger partial charge on any atom is -0.375 e. The third-order valence-corrected chi connectivity index (χ3v) is 3.18. The summed E-state index contributed by atoms with van der Waals surface area (Å²) in [4.78, 5) is 12.0. The van der Waals surface area contributed by atoms with Gasteiger partial charge in [-0.25, -0.2) is 0 Å². The van der Waals surface area contributed by atoms with Crippen LogP contribution in [0.3, 0.4) is 0 Å². The summed E-state index contributed by atoms with van der Waals surface area (Å²) in [6.45, 7) is 0.388. The second-order valence-corrected chi connectivity index (χ2v) is 4.53. The SMILES string of the molecule is CO[C@H](CNC(=O)c1ccc(C#N)cc1)c1ccccc1. The summed E-state index contributed by atoms with van der Waals surface area (Å²) in [6, 6.07) is 18.3. The maximum atomic E-state index is 12.0. The first-order valence-electron chi connectivity index (χ1n) is 6.60. The number of carbonyl (C=O) groups excluding carboxylic acids is 1. The van der Waals surface area contributed by atoms with Gasteiger partial charge in [0, 0.05) is 19.2 Å². The van der Waals surface area contributed by atoms with Crippen LogP contribution >= 0.6 is 0 Å². The molecule has 0 fully saturated rings. The molecule has 1 amide bonds. The minimum atomic E-state index is -0.187. The molecule has 4 heteroatoms. The van der Waals surface area contributed by atoms with Gasteiger partial charge in [-0.3, -0.25) is 4.79 Å². The first kappa shape index (κ1) is 14.8. The van der Waals surface area contributed by atoms with Crippen LogP contribution in [-0.2, 0) is 4.74 Å². The molecule has 106 valence electrons. The molecule has 0 saturated heterocycles. The molecule has 0 spiro atoms. The molecule has 0 bridgehead atoms. The largest absolute Gasteiger partial charge is 0.375 e. The van der Waals surface area contributed by atoms with E-state index in [-0.39, 0.29) is 12.0 Å². The van der Waals surface area contributed by atoms with Crippen molar-refractivity contribution in [1.82, 2.24) is 5.32 Å². The Morgan fingerprint density at radius 3 is 2.43 bits per heavy atom. The van der Waals surface area contributed by atoms with Crippen LogP contribution in [0.2, 0.25) is 0 Å². The molecule has 0 aliphatic rings. The fourth-order valence-electron chi connectivity index (χ4n) is 1.99. The lowest BCUT2D eigenvalue weighted by Crippen LogP contribution is -2.29. The van der Waals surface area contributed by atoms with Gasteiger partial charge in [-0.1, -0.05) is 30.3 Å². The van der Waals surface area contributed by atoms with Crippen LogP contribution in [0, 0.1) is 11.3 Å². The number of rotatable bonds is 5. The third kappa shape index (κ3) is 3.91. The van der Waals surface area contributed by atoms with Crippen molar-refractivity contribution < 1.29 is 9.53 Å². The van der Waals surface area contributed by atoms with Gasteiger partial charge in [-0.2, -0.15) is 5.26 Å². The number of carbonyl (C=O) groups is 1. The van der Waals surface area contributed by atoms with E-state index in [0.717, 1.165) is 5.56 Å². The molecule has 0 heterocycles. The number of nitrogens with zero attached hydrogens (tertiary/aromatic N) is 1. The number of nitrogens with one attached hydrogen (secondary N) is 1. The van der Waals surface area contributed by atoms with Crippen LogP contribution in [0.25, 0.3) is 0 Å². The lowest BCUT2D eigenvalue weighted by Gasteiger charge is -2.16. The van der Waals surface area contributed by atoms with Crippen molar-refractivity contribution in [2.24, 2.45) is 0 Å². The maximum absolute atomic E-state index is 12.0. The minimum absolute atomic E-state index is 0.183. The smallest absolute Gasteiger partial charge is 0.251 e. The Morgan fingerprint density at radius 1 is 1.19 bits per heavy atom. The lowest BCUT2D eigenvalue weighted by atomic mass is 10.1. The van der Waals surface area contributed by atoms with Gasteiger partial charge < -0.3 is 10.1 Å². The van der Waals surface area contributed by atoms with E-state index in [1.165, 1.54) is 0 Å². The summed E-state index contributed by atoms with van der Waals surface area (Å²) < 4.78 is 5.40. The zero-order valence-corrected chi connectivity index (χ0v) is 11.7. The summed E-state index contributed by atoms with van der Waals surface area (Å²) in [5.41, 5.74) is 2.07. The van der Waals surface area contributed by atoms with E-state index in [1.54, 1.807) is 31.4 Å².